The summed E-state index contributed by atoms with van der Waals surface area (Å²) in [6.45, 7) is 1.87. The highest BCUT2D eigenvalue weighted by Crippen LogP contribution is 2.26. The van der Waals surface area contributed by atoms with Crippen LogP contribution in [0, 0.1) is 17.4 Å². The first kappa shape index (κ1) is 16.5. The molecule has 0 spiro atoms. The summed E-state index contributed by atoms with van der Waals surface area (Å²) in [7, 11) is 0. The number of carbonyl (C=O) groups excluding carboxylic acids is 1. The second-order valence-corrected chi connectivity index (χ2v) is 7.10. The summed E-state index contributed by atoms with van der Waals surface area (Å²) in [6, 6.07) is 17.6. The molecule has 1 aliphatic carbocycles. The SMILES string of the molecule is Cc1ccc(N)cc1C(=O)OC1=CC=c2ccc3c(c2C1)N=c1ccccc1=3. The van der Waals surface area contributed by atoms with Crippen LogP contribution < -0.4 is 16.3 Å². The van der Waals surface area contributed by atoms with E-state index in [9.17, 15) is 4.79 Å². The van der Waals surface area contributed by atoms with Crippen molar-refractivity contribution in [2.24, 2.45) is 4.99 Å². The minimum atomic E-state index is -0.388. The van der Waals surface area contributed by atoms with Crippen LogP contribution in [0.15, 0.2) is 71.4 Å². The number of aryl methyl sites for hydroxylation is 1. The number of nitrogen functional groups attached to an aromatic ring is 1. The van der Waals surface area contributed by atoms with Crippen LogP contribution in [-0.4, -0.2) is 5.97 Å². The normalized spacial score (nSPS) is 13.4. The molecule has 0 atom stereocenters. The van der Waals surface area contributed by atoms with Gasteiger partial charge in [0.1, 0.15) is 5.76 Å². The molecule has 0 aromatic heterocycles. The molecule has 0 fully saturated rings. The van der Waals surface area contributed by atoms with E-state index in [2.05, 4.69) is 18.2 Å². The first-order valence-corrected chi connectivity index (χ1v) is 9.19. The summed E-state index contributed by atoms with van der Waals surface area (Å²) >= 11 is 0. The van der Waals surface area contributed by atoms with Gasteiger partial charge in [-0.05, 0) is 47.5 Å². The summed E-state index contributed by atoms with van der Waals surface area (Å²) in [5, 5.41) is 4.36. The molecule has 0 bridgehead atoms. The maximum atomic E-state index is 12.7. The number of nitrogens with zero attached hydrogens (tertiary/aromatic N) is 1. The van der Waals surface area contributed by atoms with Gasteiger partial charge in [-0.2, -0.15) is 0 Å². The predicted octanol–water partition coefficient (Wildman–Crippen LogP) is 3.21. The van der Waals surface area contributed by atoms with E-state index >= 15 is 0 Å². The summed E-state index contributed by atoms with van der Waals surface area (Å²) in [5.74, 6) is 0.222. The molecule has 0 unspecified atom stereocenters. The lowest BCUT2D eigenvalue weighted by molar-refractivity contribution is 0.0617. The Balaban J connectivity index is 1.52. The van der Waals surface area contributed by atoms with Crippen LogP contribution in [0.5, 0.6) is 0 Å². The van der Waals surface area contributed by atoms with Crippen molar-refractivity contribution in [3.63, 3.8) is 0 Å². The number of allylic oxidation sites excluding steroid dienone is 2. The smallest absolute Gasteiger partial charge is 0.343 e. The van der Waals surface area contributed by atoms with Gasteiger partial charge in [-0.3, -0.25) is 0 Å². The maximum Gasteiger partial charge on any atom is 0.343 e. The van der Waals surface area contributed by atoms with Crippen LogP contribution in [0.4, 0.5) is 11.4 Å². The first-order valence-electron chi connectivity index (χ1n) is 9.19. The Bertz CT molecular complexity index is 1400. The van der Waals surface area contributed by atoms with Crippen molar-refractivity contribution >= 4 is 23.4 Å². The van der Waals surface area contributed by atoms with Crippen LogP contribution in [0.3, 0.4) is 0 Å². The summed E-state index contributed by atoms with van der Waals surface area (Å²) in [6.07, 6.45) is 4.36. The van der Waals surface area contributed by atoms with Gasteiger partial charge in [0.15, 0.2) is 0 Å². The molecule has 2 N–H and O–H groups in total. The fraction of sp³-hybridized carbons (Fsp3) is 0.0833. The summed E-state index contributed by atoms with van der Waals surface area (Å²) < 4.78 is 5.70. The highest BCUT2D eigenvalue weighted by Gasteiger charge is 2.19. The molecule has 3 aromatic carbocycles. The molecule has 0 amide bonds. The molecule has 3 aromatic rings. The topological polar surface area (TPSA) is 64.7 Å². The molecule has 2 aliphatic rings. The zero-order chi connectivity index (χ0) is 19.3. The Morgan fingerprint density at radius 2 is 1.89 bits per heavy atom. The standard InChI is InChI=1S/C24H18N2O2/c1-14-6-9-16(25)12-20(14)24(27)28-17-10-7-15-8-11-19-18-4-2-3-5-22(18)26-23(19)21(15)13-17/h2-12H,13,25H2,1H3. The molecule has 1 aliphatic heterocycles. The molecule has 28 heavy (non-hydrogen) atoms. The van der Waals surface area contributed by atoms with Crippen LogP contribution in [0.25, 0.3) is 6.08 Å². The van der Waals surface area contributed by atoms with Gasteiger partial charge in [0, 0.05) is 22.5 Å². The van der Waals surface area contributed by atoms with Gasteiger partial charge in [-0.1, -0.05) is 42.5 Å². The number of rotatable bonds is 2. The first-order chi connectivity index (χ1) is 13.6. The highest BCUT2D eigenvalue weighted by molar-refractivity contribution is 5.92. The van der Waals surface area contributed by atoms with E-state index in [1.54, 1.807) is 12.1 Å². The third kappa shape index (κ3) is 2.62. The lowest BCUT2D eigenvalue weighted by atomic mass is 9.99. The van der Waals surface area contributed by atoms with E-state index in [-0.39, 0.29) is 5.97 Å². The minimum absolute atomic E-state index is 0.388. The van der Waals surface area contributed by atoms with Crippen LogP contribution >= 0.6 is 0 Å². The Morgan fingerprint density at radius 3 is 2.79 bits per heavy atom. The maximum absolute atomic E-state index is 12.7. The van der Waals surface area contributed by atoms with E-state index in [0.717, 1.165) is 37.8 Å². The zero-order valence-corrected chi connectivity index (χ0v) is 15.4. The van der Waals surface area contributed by atoms with Crippen molar-refractivity contribution in [1.82, 2.24) is 0 Å². The fourth-order valence-electron chi connectivity index (χ4n) is 3.78. The van der Waals surface area contributed by atoms with E-state index in [1.807, 2.05) is 43.3 Å². The number of esters is 1. The Morgan fingerprint density at radius 1 is 1.04 bits per heavy atom. The molecule has 0 saturated carbocycles. The lowest BCUT2D eigenvalue weighted by Gasteiger charge is -2.15. The number of fused-ring (bicyclic) bond motifs is 4. The van der Waals surface area contributed by atoms with Crippen LogP contribution in [-0.2, 0) is 11.2 Å². The Kier molecular flexibility index (Phi) is 3.66. The largest absolute Gasteiger partial charge is 0.427 e. The molecular weight excluding hydrogens is 348 g/mol. The molecule has 136 valence electrons. The molecular formula is C24H18N2O2. The highest BCUT2D eigenvalue weighted by atomic mass is 16.5. The average Bonchev–Trinajstić information content (AvgIpc) is 3.09. The third-order valence-corrected chi connectivity index (χ3v) is 5.25. The van der Waals surface area contributed by atoms with E-state index < -0.39 is 0 Å². The molecule has 0 radical (unpaired) electrons. The molecule has 0 saturated heterocycles. The monoisotopic (exact) mass is 366 g/mol. The van der Waals surface area contributed by atoms with Crippen LogP contribution in [0.2, 0.25) is 0 Å². The van der Waals surface area contributed by atoms with E-state index in [0.29, 0.717) is 23.4 Å². The second-order valence-electron chi connectivity index (χ2n) is 7.10. The van der Waals surface area contributed by atoms with Crippen molar-refractivity contribution in [2.45, 2.75) is 13.3 Å². The second kappa shape index (κ2) is 6.20. The van der Waals surface area contributed by atoms with Crippen LogP contribution in [0.1, 0.15) is 21.5 Å². The van der Waals surface area contributed by atoms with Crippen molar-refractivity contribution in [2.75, 3.05) is 5.73 Å². The lowest BCUT2D eigenvalue weighted by Crippen LogP contribution is -2.17. The minimum Gasteiger partial charge on any atom is -0.427 e. The number of anilines is 1. The molecule has 1 heterocycles. The van der Waals surface area contributed by atoms with Crippen molar-refractivity contribution < 1.29 is 9.53 Å². The number of hydrogen-bond donors (Lipinski definition) is 1. The van der Waals surface area contributed by atoms with Gasteiger partial charge >= 0.3 is 5.97 Å². The van der Waals surface area contributed by atoms with Gasteiger partial charge in [-0.25, -0.2) is 9.79 Å². The average molecular weight is 366 g/mol. The number of para-hydroxylation sites is 1. The van der Waals surface area contributed by atoms with Gasteiger partial charge in [0.25, 0.3) is 0 Å². The summed E-state index contributed by atoms with van der Waals surface area (Å²) in [4.78, 5) is 17.5. The quantitative estimate of drug-likeness (QED) is 0.438. The number of benzene rings is 3. The number of ether oxygens (including phenoxy) is 1. The number of hydrogen-bond acceptors (Lipinski definition) is 4. The van der Waals surface area contributed by atoms with Gasteiger partial charge in [-0.15, -0.1) is 0 Å². The Hall–Kier alpha value is -3.66. The van der Waals surface area contributed by atoms with E-state index in [4.69, 9.17) is 15.5 Å². The number of nitrogens with two attached hydrogens (primary N) is 1. The third-order valence-electron chi connectivity index (χ3n) is 5.25. The molecule has 5 rings (SSSR count). The van der Waals surface area contributed by atoms with Crippen molar-refractivity contribution in [1.29, 1.82) is 0 Å². The van der Waals surface area contributed by atoms with Gasteiger partial charge in [0.2, 0.25) is 0 Å². The van der Waals surface area contributed by atoms with Crippen molar-refractivity contribution in [3.8, 4) is 0 Å². The van der Waals surface area contributed by atoms with E-state index in [1.165, 1.54) is 0 Å². The molecule has 4 nitrogen and oxygen atoms in total. The summed E-state index contributed by atoms with van der Waals surface area (Å²) in [5.41, 5.74) is 9.75. The molecule has 4 heteroatoms. The Labute approximate surface area is 161 Å². The fourth-order valence-corrected chi connectivity index (χ4v) is 3.78. The van der Waals surface area contributed by atoms with Crippen molar-refractivity contribution in [3.05, 3.63) is 104 Å². The number of carbonyl (C=O) groups is 1. The predicted molar refractivity (Wildman–Crippen MR) is 108 cm³/mol. The van der Waals surface area contributed by atoms with Gasteiger partial charge in [0.05, 0.1) is 16.6 Å². The zero-order valence-electron chi connectivity index (χ0n) is 15.4. The van der Waals surface area contributed by atoms with Gasteiger partial charge < -0.3 is 10.5 Å².